The Morgan fingerprint density at radius 2 is 1.25 bits per heavy atom. The third-order valence-electron chi connectivity index (χ3n) is 6.29. The Morgan fingerprint density at radius 3 is 1.78 bits per heavy atom. The molecule has 2 unspecified atom stereocenters. The number of unbranched alkanes of at least 4 members (excludes halogenated alkanes) is 13. The highest BCUT2D eigenvalue weighted by Crippen LogP contribution is 2.15. The van der Waals surface area contributed by atoms with Gasteiger partial charge in [-0.05, 0) is 17.9 Å². The number of benzene rings is 1. The summed E-state index contributed by atoms with van der Waals surface area (Å²) in [6.45, 7) is 6.29. The molecule has 0 spiro atoms. The third-order valence-corrected chi connectivity index (χ3v) is 6.29. The SMILES string of the molecule is CCCCCCCCCCCCCCCCC(C)COCC(CO)OCc1ccccc1. The summed E-state index contributed by atoms with van der Waals surface area (Å²) in [6, 6.07) is 10.1. The second kappa shape index (κ2) is 21.9. The number of aliphatic hydroxyl groups excluding tert-OH is 1. The van der Waals surface area contributed by atoms with E-state index in [1.807, 2.05) is 30.3 Å². The Bertz CT molecular complexity index is 490. The molecule has 32 heavy (non-hydrogen) atoms. The lowest BCUT2D eigenvalue weighted by Gasteiger charge is -2.18. The van der Waals surface area contributed by atoms with E-state index >= 15 is 0 Å². The smallest absolute Gasteiger partial charge is 0.104 e. The van der Waals surface area contributed by atoms with Gasteiger partial charge in [0.15, 0.2) is 0 Å². The van der Waals surface area contributed by atoms with Crippen LogP contribution in [-0.2, 0) is 16.1 Å². The van der Waals surface area contributed by atoms with Gasteiger partial charge < -0.3 is 14.6 Å². The van der Waals surface area contributed by atoms with Crippen LogP contribution in [0.15, 0.2) is 30.3 Å². The minimum Gasteiger partial charge on any atom is -0.394 e. The molecule has 0 radical (unpaired) electrons. The van der Waals surface area contributed by atoms with Gasteiger partial charge in [-0.15, -0.1) is 0 Å². The van der Waals surface area contributed by atoms with Gasteiger partial charge in [-0.1, -0.05) is 134 Å². The molecule has 0 aromatic heterocycles. The summed E-state index contributed by atoms with van der Waals surface area (Å²) in [5.41, 5.74) is 1.12. The van der Waals surface area contributed by atoms with Gasteiger partial charge in [-0.3, -0.25) is 0 Å². The fraction of sp³-hybridized carbons (Fsp3) is 0.793. The molecule has 0 fully saturated rings. The first-order valence-corrected chi connectivity index (χ1v) is 13.6. The van der Waals surface area contributed by atoms with Gasteiger partial charge >= 0.3 is 0 Å². The molecule has 0 amide bonds. The summed E-state index contributed by atoms with van der Waals surface area (Å²) in [4.78, 5) is 0. The van der Waals surface area contributed by atoms with E-state index in [1.54, 1.807) is 0 Å². The maximum atomic E-state index is 9.51. The fourth-order valence-electron chi connectivity index (χ4n) is 4.11. The monoisotopic (exact) mass is 448 g/mol. The van der Waals surface area contributed by atoms with Crippen molar-refractivity contribution in [3.05, 3.63) is 35.9 Å². The number of hydrogen-bond donors (Lipinski definition) is 1. The molecule has 3 heteroatoms. The van der Waals surface area contributed by atoms with Crippen LogP contribution < -0.4 is 0 Å². The molecule has 3 nitrogen and oxygen atoms in total. The van der Waals surface area contributed by atoms with Gasteiger partial charge in [0.25, 0.3) is 0 Å². The van der Waals surface area contributed by atoms with Crippen LogP contribution in [0.1, 0.15) is 116 Å². The summed E-state index contributed by atoms with van der Waals surface area (Å²) >= 11 is 0. The van der Waals surface area contributed by atoms with Crippen molar-refractivity contribution in [1.29, 1.82) is 0 Å². The molecule has 2 atom stereocenters. The molecule has 0 saturated heterocycles. The lowest BCUT2D eigenvalue weighted by molar-refractivity contribution is -0.0549. The van der Waals surface area contributed by atoms with Gasteiger partial charge in [-0.25, -0.2) is 0 Å². The van der Waals surface area contributed by atoms with Gasteiger partial charge in [0, 0.05) is 6.61 Å². The van der Waals surface area contributed by atoms with Crippen molar-refractivity contribution in [2.24, 2.45) is 5.92 Å². The highest BCUT2D eigenvalue weighted by molar-refractivity contribution is 5.13. The van der Waals surface area contributed by atoms with Crippen LogP contribution in [0.5, 0.6) is 0 Å². The molecule has 1 aromatic carbocycles. The van der Waals surface area contributed by atoms with E-state index in [9.17, 15) is 5.11 Å². The highest BCUT2D eigenvalue weighted by Gasteiger charge is 2.10. The van der Waals surface area contributed by atoms with Crippen molar-refractivity contribution in [2.75, 3.05) is 19.8 Å². The summed E-state index contributed by atoms with van der Waals surface area (Å²) in [7, 11) is 0. The molecular weight excluding hydrogens is 396 g/mol. The van der Waals surface area contributed by atoms with E-state index in [4.69, 9.17) is 9.47 Å². The van der Waals surface area contributed by atoms with E-state index in [0.29, 0.717) is 19.1 Å². The minimum atomic E-state index is -0.247. The Labute approximate surface area is 199 Å². The quantitative estimate of drug-likeness (QED) is 0.172. The van der Waals surface area contributed by atoms with Gasteiger partial charge in [0.1, 0.15) is 6.10 Å². The zero-order valence-corrected chi connectivity index (χ0v) is 21.2. The van der Waals surface area contributed by atoms with E-state index < -0.39 is 0 Å². The second-order valence-electron chi connectivity index (χ2n) is 9.63. The first-order chi connectivity index (χ1) is 15.8. The summed E-state index contributed by atoms with van der Waals surface area (Å²) in [5, 5.41) is 9.51. The van der Waals surface area contributed by atoms with E-state index in [-0.39, 0.29) is 12.7 Å². The Kier molecular flexibility index (Phi) is 20.0. The fourth-order valence-corrected chi connectivity index (χ4v) is 4.11. The van der Waals surface area contributed by atoms with Crippen molar-refractivity contribution < 1.29 is 14.6 Å². The Morgan fingerprint density at radius 1 is 0.719 bits per heavy atom. The highest BCUT2D eigenvalue weighted by atomic mass is 16.5. The predicted octanol–water partition coefficient (Wildman–Crippen LogP) is 8.09. The van der Waals surface area contributed by atoms with Crippen LogP contribution in [0.2, 0.25) is 0 Å². The normalized spacial score (nSPS) is 13.3. The Balaban J connectivity index is 1.86. The molecule has 1 aromatic rings. The number of ether oxygens (including phenoxy) is 2. The van der Waals surface area contributed by atoms with Gasteiger partial charge in [0.2, 0.25) is 0 Å². The lowest BCUT2D eigenvalue weighted by Crippen LogP contribution is -2.25. The number of rotatable bonds is 23. The predicted molar refractivity (Wildman–Crippen MR) is 137 cm³/mol. The zero-order valence-electron chi connectivity index (χ0n) is 21.2. The van der Waals surface area contributed by atoms with Crippen LogP contribution in [-0.4, -0.2) is 31.0 Å². The lowest BCUT2D eigenvalue weighted by atomic mass is 10.0. The molecule has 0 saturated carbocycles. The van der Waals surface area contributed by atoms with Gasteiger partial charge in [0.05, 0.1) is 19.8 Å². The molecule has 1 N–H and O–H groups in total. The molecule has 0 bridgehead atoms. The molecule has 1 rings (SSSR count). The molecule has 0 aliphatic carbocycles. The molecular formula is C29H52O3. The molecule has 0 heterocycles. The van der Waals surface area contributed by atoms with Gasteiger partial charge in [-0.2, -0.15) is 0 Å². The first kappa shape index (κ1) is 29.1. The number of aliphatic hydroxyl groups is 1. The minimum absolute atomic E-state index is 0.000172. The average Bonchev–Trinajstić information content (AvgIpc) is 2.82. The van der Waals surface area contributed by atoms with Crippen LogP contribution in [0.25, 0.3) is 0 Å². The van der Waals surface area contributed by atoms with Crippen molar-refractivity contribution in [3.8, 4) is 0 Å². The standard InChI is InChI=1S/C29H52O3/c1-3-4-5-6-7-8-9-10-11-12-13-14-15-17-20-27(2)24-31-26-29(23-30)32-25-28-21-18-16-19-22-28/h16,18-19,21-22,27,29-30H,3-15,17,20,23-26H2,1-2H3. The van der Waals surface area contributed by atoms with E-state index in [2.05, 4.69) is 13.8 Å². The zero-order chi connectivity index (χ0) is 23.1. The maximum Gasteiger partial charge on any atom is 0.104 e. The maximum absolute atomic E-state index is 9.51. The molecule has 186 valence electrons. The second-order valence-corrected chi connectivity index (χ2v) is 9.63. The van der Waals surface area contributed by atoms with E-state index in [1.165, 1.54) is 96.3 Å². The summed E-state index contributed by atoms with van der Waals surface area (Å²) < 4.78 is 11.6. The van der Waals surface area contributed by atoms with Crippen molar-refractivity contribution in [2.45, 2.75) is 123 Å². The molecule has 0 aliphatic rings. The summed E-state index contributed by atoms with van der Waals surface area (Å²) in [6.07, 6.45) is 20.7. The van der Waals surface area contributed by atoms with Crippen molar-refractivity contribution in [3.63, 3.8) is 0 Å². The average molecular weight is 449 g/mol. The number of hydrogen-bond acceptors (Lipinski definition) is 3. The molecule has 0 aliphatic heterocycles. The van der Waals surface area contributed by atoms with Crippen LogP contribution in [0.3, 0.4) is 0 Å². The van der Waals surface area contributed by atoms with Crippen molar-refractivity contribution >= 4 is 0 Å². The van der Waals surface area contributed by atoms with Crippen LogP contribution in [0, 0.1) is 5.92 Å². The van der Waals surface area contributed by atoms with Crippen LogP contribution in [0.4, 0.5) is 0 Å². The third kappa shape index (κ3) is 17.6. The first-order valence-electron chi connectivity index (χ1n) is 13.6. The topological polar surface area (TPSA) is 38.7 Å². The summed E-state index contributed by atoms with van der Waals surface area (Å²) in [5.74, 6) is 0.570. The largest absolute Gasteiger partial charge is 0.394 e. The van der Waals surface area contributed by atoms with Crippen molar-refractivity contribution in [1.82, 2.24) is 0 Å². The Hall–Kier alpha value is -0.900. The van der Waals surface area contributed by atoms with Crippen LogP contribution >= 0.6 is 0 Å². The van der Waals surface area contributed by atoms with E-state index in [0.717, 1.165) is 12.2 Å².